The van der Waals surface area contributed by atoms with Crippen molar-refractivity contribution in [3.8, 4) is 11.8 Å². The highest BCUT2D eigenvalue weighted by atomic mass is 35.5. The first-order chi connectivity index (χ1) is 28.4. The molecule has 1 aliphatic carbocycles. The summed E-state index contributed by atoms with van der Waals surface area (Å²) in [5.41, 5.74) is -2.33. The van der Waals surface area contributed by atoms with Gasteiger partial charge in [0.15, 0.2) is 11.2 Å². The number of piperidine rings is 1. The number of anilines is 4. The number of pyridine rings is 1. The zero-order valence-electron chi connectivity index (χ0n) is 33.2. The van der Waals surface area contributed by atoms with E-state index in [9.17, 15) is 37.6 Å². The van der Waals surface area contributed by atoms with Crippen molar-refractivity contribution in [2.45, 2.75) is 81.7 Å². The molecule has 1 saturated carbocycles. The molecule has 4 aliphatic rings. The van der Waals surface area contributed by atoms with E-state index in [2.05, 4.69) is 30.7 Å². The molecule has 1 aromatic heterocycles. The second-order valence-corrected chi connectivity index (χ2v) is 16.7. The van der Waals surface area contributed by atoms with Crippen molar-refractivity contribution in [3.05, 3.63) is 70.5 Å². The summed E-state index contributed by atoms with van der Waals surface area (Å²) in [5.74, 6) is -0.621. The smallest absolute Gasteiger partial charge is 0.419 e. The number of hydrogen-bond donors (Lipinski definition) is 4. The number of carbonyl (C=O) groups excluding carboxylic acids is 4. The predicted octanol–water partition coefficient (Wildman–Crippen LogP) is 5.42. The van der Waals surface area contributed by atoms with Crippen LogP contribution in [0.15, 0.2) is 48.7 Å². The molecule has 14 nitrogen and oxygen atoms in total. The van der Waals surface area contributed by atoms with Gasteiger partial charge in [-0.05, 0) is 87.6 Å². The van der Waals surface area contributed by atoms with Crippen LogP contribution in [0.3, 0.4) is 0 Å². The number of piperazine rings is 1. The Labute approximate surface area is 355 Å². The fourth-order valence-electron chi connectivity index (χ4n) is 8.15. The van der Waals surface area contributed by atoms with E-state index in [-0.39, 0.29) is 23.9 Å². The van der Waals surface area contributed by atoms with Gasteiger partial charge >= 0.3 is 6.18 Å². The number of nitriles is 1. The van der Waals surface area contributed by atoms with Crippen LogP contribution in [0.5, 0.6) is 5.75 Å². The molecule has 0 radical (unpaired) electrons. The molecule has 2 aromatic carbocycles. The molecule has 3 saturated heterocycles. The van der Waals surface area contributed by atoms with Crippen LogP contribution >= 0.6 is 24.2 Å². The predicted molar refractivity (Wildman–Crippen MR) is 222 cm³/mol. The number of carbonyl (C=O) groups is 4. The zero-order valence-corrected chi connectivity index (χ0v) is 34.9. The minimum absolute atomic E-state index is 0.107. The van der Waals surface area contributed by atoms with Gasteiger partial charge in [0.05, 0.1) is 17.4 Å². The number of rotatable bonds is 12. The number of imide groups is 1. The summed E-state index contributed by atoms with van der Waals surface area (Å²) in [5, 5.41) is 18.1. The van der Waals surface area contributed by atoms with Crippen LogP contribution in [0.2, 0.25) is 5.02 Å². The number of halogens is 4. The van der Waals surface area contributed by atoms with Gasteiger partial charge in [-0.2, -0.15) is 18.4 Å². The third-order valence-electron chi connectivity index (χ3n) is 11.6. The Kier molecular flexibility index (Phi) is 12.0. The highest BCUT2D eigenvalue weighted by Crippen LogP contribution is 2.45. The Balaban J connectivity index is 0.931. The van der Waals surface area contributed by atoms with Crippen molar-refractivity contribution in [3.63, 3.8) is 0 Å². The lowest BCUT2D eigenvalue weighted by Crippen LogP contribution is -2.55. The number of thiol groups is 1. The maximum absolute atomic E-state index is 13.8. The summed E-state index contributed by atoms with van der Waals surface area (Å²) in [6.07, 6.45) is -1.09. The summed E-state index contributed by atoms with van der Waals surface area (Å²) in [6.45, 7) is 9.27. The second kappa shape index (κ2) is 16.8. The van der Waals surface area contributed by atoms with Crippen LogP contribution in [0, 0.1) is 11.3 Å². The van der Waals surface area contributed by atoms with Gasteiger partial charge in [0.1, 0.15) is 35.5 Å². The standard InChI is InChI=1S/C41H45ClF3N9O5S/c1-4-24-17-28(54-38(60)53(37(58)39(54,2)3)29-21-30(41(43,44)45)32(22-46)47-23-29)5-7-33(24)59-16-15-51-11-13-52(14-12-51)40(9-10-40)36(57)49-27-19-25(42)18-26(20-27)48-31-6-8-34(55)50-35(31)56/h5,7,17-21,23,31,38,48,60H,4,6,8-16H2,1-3H3,(H,49,57)(H,50,55,56). The van der Waals surface area contributed by atoms with Crippen LogP contribution in [0.4, 0.5) is 35.9 Å². The van der Waals surface area contributed by atoms with Crippen LogP contribution in [0.25, 0.3) is 0 Å². The highest BCUT2D eigenvalue weighted by Gasteiger charge is 2.55. The monoisotopic (exact) mass is 867 g/mol. The van der Waals surface area contributed by atoms with E-state index >= 15 is 0 Å². The van der Waals surface area contributed by atoms with Gasteiger partial charge in [-0.1, -0.05) is 18.5 Å². The molecule has 2 unspecified atom stereocenters. The third-order valence-corrected chi connectivity index (χ3v) is 12.3. The molecule has 19 heteroatoms. The highest BCUT2D eigenvalue weighted by molar-refractivity contribution is 7.81. The van der Waals surface area contributed by atoms with Crippen molar-refractivity contribution >= 4 is 70.6 Å². The Morgan fingerprint density at radius 3 is 2.43 bits per heavy atom. The summed E-state index contributed by atoms with van der Waals surface area (Å²) in [6, 6.07) is 12.2. The van der Waals surface area contributed by atoms with Crippen molar-refractivity contribution < 1.29 is 37.1 Å². The van der Waals surface area contributed by atoms with E-state index in [0.717, 1.165) is 48.7 Å². The van der Waals surface area contributed by atoms with Crippen LogP contribution in [0.1, 0.15) is 63.3 Å². The van der Waals surface area contributed by atoms with Crippen molar-refractivity contribution in [1.82, 2.24) is 20.1 Å². The first kappa shape index (κ1) is 43.0. The largest absolute Gasteiger partial charge is 0.492 e. The number of aryl methyl sites for hydroxylation is 1. The molecule has 318 valence electrons. The van der Waals surface area contributed by atoms with Crippen LogP contribution in [-0.2, 0) is 31.8 Å². The van der Waals surface area contributed by atoms with E-state index in [1.165, 1.54) is 6.07 Å². The Bertz CT molecular complexity index is 2240. The van der Waals surface area contributed by atoms with E-state index in [0.29, 0.717) is 66.9 Å². The molecule has 0 bridgehead atoms. The summed E-state index contributed by atoms with van der Waals surface area (Å²) in [7, 11) is 0. The number of aromatic nitrogens is 1. The first-order valence-electron chi connectivity index (χ1n) is 19.7. The molecule has 3 N–H and O–H groups in total. The van der Waals surface area contributed by atoms with Crippen LogP contribution < -0.4 is 30.5 Å². The lowest BCUT2D eigenvalue weighted by molar-refractivity contribution is -0.138. The number of hydrogen-bond acceptors (Lipinski definition) is 12. The molecule has 4 heterocycles. The molecule has 0 spiro atoms. The second-order valence-electron chi connectivity index (χ2n) is 15.8. The first-order valence-corrected chi connectivity index (χ1v) is 20.6. The topological polar surface area (TPSA) is 163 Å². The number of nitrogens with zero attached hydrogens (tertiary/aromatic N) is 6. The lowest BCUT2D eigenvalue weighted by Gasteiger charge is -2.39. The third kappa shape index (κ3) is 8.58. The SMILES string of the molecule is CCc1cc(N2C(S)N(c3cnc(C#N)c(C(F)(F)F)c3)C(=O)C2(C)C)ccc1OCCN1CCN(C2(C(=O)Nc3cc(Cl)cc(NC4CCC(=O)NC4=O)c3)CC2)CC1. The van der Waals surface area contributed by atoms with Crippen LogP contribution in [-0.4, -0.2) is 100 Å². The Morgan fingerprint density at radius 2 is 1.78 bits per heavy atom. The normalized spacial score (nSPS) is 21.7. The average Bonchev–Trinajstić information content (AvgIpc) is 3.99. The summed E-state index contributed by atoms with van der Waals surface area (Å²) >= 11 is 11.1. The minimum Gasteiger partial charge on any atom is -0.492 e. The molecular formula is C41H45ClF3N9O5S. The van der Waals surface area contributed by atoms with Crippen molar-refractivity contribution in [2.24, 2.45) is 0 Å². The Morgan fingerprint density at radius 1 is 1.07 bits per heavy atom. The van der Waals surface area contributed by atoms with Gasteiger partial charge in [-0.3, -0.25) is 39.2 Å². The fraction of sp³-hybridized carbons (Fsp3) is 0.463. The molecule has 2 atom stereocenters. The van der Waals surface area contributed by atoms with Crippen molar-refractivity contribution in [1.29, 1.82) is 5.26 Å². The number of benzene rings is 2. The molecule has 7 rings (SSSR count). The maximum atomic E-state index is 13.8. The molecule has 4 amide bonds. The average molecular weight is 868 g/mol. The van der Waals surface area contributed by atoms with Gasteiger partial charge in [-0.25, -0.2) is 4.98 Å². The van der Waals surface area contributed by atoms with Crippen molar-refractivity contribution in [2.75, 3.05) is 59.8 Å². The van der Waals surface area contributed by atoms with E-state index in [4.69, 9.17) is 29.0 Å². The number of nitrogens with one attached hydrogen (secondary N) is 3. The van der Waals surface area contributed by atoms with Gasteiger partial charge in [0.25, 0.3) is 5.91 Å². The molecule has 3 aliphatic heterocycles. The van der Waals surface area contributed by atoms with E-state index in [1.54, 1.807) is 43.0 Å². The molecule has 4 fully saturated rings. The number of amides is 4. The van der Waals surface area contributed by atoms with Gasteiger partial charge in [0, 0.05) is 61.2 Å². The van der Waals surface area contributed by atoms with Gasteiger partial charge < -0.3 is 20.3 Å². The summed E-state index contributed by atoms with van der Waals surface area (Å²) in [4.78, 5) is 62.3. The molecule has 3 aromatic rings. The summed E-state index contributed by atoms with van der Waals surface area (Å²) < 4.78 is 47.6. The zero-order chi connectivity index (χ0) is 43.1. The minimum atomic E-state index is -4.84. The quantitative estimate of drug-likeness (QED) is 0.136. The van der Waals surface area contributed by atoms with E-state index in [1.807, 2.05) is 19.1 Å². The maximum Gasteiger partial charge on any atom is 0.419 e. The number of alkyl halides is 3. The molecule has 60 heavy (non-hydrogen) atoms. The fourth-order valence-corrected chi connectivity index (χ4v) is 9.05. The van der Waals surface area contributed by atoms with Gasteiger partial charge in [-0.15, -0.1) is 12.6 Å². The van der Waals surface area contributed by atoms with Gasteiger partial charge in [0.2, 0.25) is 17.7 Å². The molecular weight excluding hydrogens is 823 g/mol. The van der Waals surface area contributed by atoms with E-state index < -0.39 is 51.9 Å². The Hall–Kier alpha value is -5.09. The lowest BCUT2D eigenvalue weighted by atomic mass is 10.0. The number of ether oxygens (including phenoxy) is 1.